The first-order chi connectivity index (χ1) is 8.88. The van der Waals surface area contributed by atoms with Crippen molar-refractivity contribution in [2.75, 3.05) is 6.61 Å². The fourth-order valence-electron chi connectivity index (χ4n) is 2.25. The molecule has 0 bridgehead atoms. The van der Waals surface area contributed by atoms with Gasteiger partial charge < -0.3 is 4.74 Å². The summed E-state index contributed by atoms with van der Waals surface area (Å²) < 4.78 is 5.58. The van der Waals surface area contributed by atoms with E-state index in [2.05, 4.69) is 22.6 Å². The number of aromatic nitrogens is 1. The summed E-state index contributed by atoms with van der Waals surface area (Å²) in [5.41, 5.74) is 4.88. The summed E-state index contributed by atoms with van der Waals surface area (Å²) in [6.45, 7) is 0.739. The number of benzene rings is 1. The fraction of sp³-hybridized carbons (Fsp3) is 0.214. The number of rotatable bonds is 3. The van der Waals surface area contributed by atoms with E-state index in [4.69, 9.17) is 10.6 Å². The van der Waals surface area contributed by atoms with Gasteiger partial charge >= 0.3 is 0 Å². The topological polar surface area (TPSA) is 60.2 Å². The maximum Gasteiger partial charge on any atom is 0.115 e. The summed E-state index contributed by atoms with van der Waals surface area (Å²) in [5, 5.41) is 1.11. The highest BCUT2D eigenvalue weighted by Gasteiger charge is 2.19. The summed E-state index contributed by atoms with van der Waals surface area (Å²) >= 11 is 0. The number of hydrazine groups is 1. The van der Waals surface area contributed by atoms with Gasteiger partial charge in [0.15, 0.2) is 0 Å². The quantitative estimate of drug-likeness (QED) is 0.637. The molecular formula is C14H15N3O. The lowest BCUT2D eigenvalue weighted by Crippen LogP contribution is -2.29. The third-order valence-corrected chi connectivity index (χ3v) is 3.14. The van der Waals surface area contributed by atoms with Gasteiger partial charge in [-0.1, -0.05) is 12.1 Å². The van der Waals surface area contributed by atoms with Crippen LogP contribution in [-0.2, 0) is 4.74 Å². The molecule has 0 radical (unpaired) electrons. The molecule has 1 aliphatic rings. The Kier molecular flexibility index (Phi) is 2.96. The molecule has 0 amide bonds. The van der Waals surface area contributed by atoms with Crippen LogP contribution in [0.4, 0.5) is 0 Å². The second-order valence-corrected chi connectivity index (χ2v) is 4.30. The van der Waals surface area contributed by atoms with Crippen LogP contribution in [0.1, 0.15) is 18.0 Å². The number of ether oxygens (including phenoxy) is 1. The molecule has 3 rings (SSSR count). The number of hydrogen-bond donors (Lipinski definition) is 2. The predicted molar refractivity (Wildman–Crippen MR) is 70.5 cm³/mol. The van der Waals surface area contributed by atoms with Gasteiger partial charge in [-0.3, -0.25) is 10.8 Å². The van der Waals surface area contributed by atoms with E-state index in [1.165, 1.54) is 0 Å². The van der Waals surface area contributed by atoms with Gasteiger partial charge in [-0.05, 0) is 29.8 Å². The van der Waals surface area contributed by atoms with Crippen molar-refractivity contribution in [3.63, 3.8) is 0 Å². The van der Waals surface area contributed by atoms with Gasteiger partial charge in [0.25, 0.3) is 0 Å². The standard InChI is InChI=1S/C14H15N3O/c15-17-14(13-4-2-8-18-13)11-5-6-12-10(9-11)3-1-7-16-12/h1,3-7,9,14,17H,2,8,15H2. The molecule has 0 fully saturated rings. The lowest BCUT2D eigenvalue weighted by Gasteiger charge is -2.18. The number of nitrogens with one attached hydrogen (secondary N) is 1. The second kappa shape index (κ2) is 4.76. The average Bonchev–Trinajstić information content (AvgIpc) is 2.93. The van der Waals surface area contributed by atoms with Crippen LogP contribution in [0, 0.1) is 0 Å². The molecule has 0 saturated carbocycles. The van der Waals surface area contributed by atoms with Crippen LogP contribution < -0.4 is 11.3 Å². The van der Waals surface area contributed by atoms with Crippen LogP contribution in [0.3, 0.4) is 0 Å². The summed E-state index contributed by atoms with van der Waals surface area (Å²) in [7, 11) is 0. The lowest BCUT2D eigenvalue weighted by molar-refractivity contribution is 0.216. The van der Waals surface area contributed by atoms with Gasteiger partial charge in [-0.15, -0.1) is 0 Å². The Labute approximate surface area is 105 Å². The van der Waals surface area contributed by atoms with Crippen molar-refractivity contribution < 1.29 is 4.74 Å². The molecule has 4 heteroatoms. The predicted octanol–water partition coefficient (Wildman–Crippen LogP) is 2.04. The second-order valence-electron chi connectivity index (χ2n) is 4.30. The first-order valence-electron chi connectivity index (χ1n) is 6.02. The van der Waals surface area contributed by atoms with E-state index < -0.39 is 0 Å². The molecule has 2 heterocycles. The van der Waals surface area contributed by atoms with Crippen LogP contribution in [0.15, 0.2) is 48.4 Å². The van der Waals surface area contributed by atoms with Crippen LogP contribution in [0.25, 0.3) is 10.9 Å². The zero-order chi connectivity index (χ0) is 12.4. The zero-order valence-electron chi connectivity index (χ0n) is 9.97. The van der Waals surface area contributed by atoms with Crippen LogP contribution in [0.2, 0.25) is 0 Å². The Balaban J connectivity index is 2.01. The van der Waals surface area contributed by atoms with Gasteiger partial charge in [0, 0.05) is 18.0 Å². The van der Waals surface area contributed by atoms with E-state index in [-0.39, 0.29) is 6.04 Å². The Bertz CT molecular complexity index is 594. The van der Waals surface area contributed by atoms with Gasteiger partial charge in [0.2, 0.25) is 0 Å². The monoisotopic (exact) mass is 241 g/mol. The van der Waals surface area contributed by atoms with E-state index in [0.717, 1.165) is 35.3 Å². The first-order valence-corrected chi connectivity index (χ1v) is 6.02. The molecule has 1 atom stereocenters. The van der Waals surface area contributed by atoms with Crippen molar-refractivity contribution >= 4 is 10.9 Å². The van der Waals surface area contributed by atoms with E-state index in [9.17, 15) is 0 Å². The molecule has 18 heavy (non-hydrogen) atoms. The highest BCUT2D eigenvalue weighted by molar-refractivity contribution is 5.79. The van der Waals surface area contributed by atoms with Crippen LogP contribution in [-0.4, -0.2) is 11.6 Å². The maximum atomic E-state index is 5.64. The van der Waals surface area contributed by atoms with E-state index in [1.807, 2.05) is 24.3 Å². The van der Waals surface area contributed by atoms with Crippen molar-refractivity contribution in [2.24, 2.45) is 5.84 Å². The van der Waals surface area contributed by atoms with Crippen LogP contribution in [0.5, 0.6) is 0 Å². The van der Waals surface area contributed by atoms with Gasteiger partial charge in [-0.2, -0.15) is 0 Å². The lowest BCUT2D eigenvalue weighted by atomic mass is 10.0. The Morgan fingerprint density at radius 2 is 2.28 bits per heavy atom. The molecular weight excluding hydrogens is 226 g/mol. The van der Waals surface area contributed by atoms with Crippen molar-refractivity contribution in [2.45, 2.75) is 12.5 Å². The van der Waals surface area contributed by atoms with Crippen molar-refractivity contribution in [3.8, 4) is 0 Å². The molecule has 1 aliphatic heterocycles. The van der Waals surface area contributed by atoms with Gasteiger partial charge in [-0.25, -0.2) is 5.43 Å². The van der Waals surface area contributed by atoms with E-state index in [0.29, 0.717) is 0 Å². The first kappa shape index (κ1) is 11.2. The largest absolute Gasteiger partial charge is 0.496 e. The number of nitrogens with zero attached hydrogens (tertiary/aromatic N) is 1. The zero-order valence-corrected chi connectivity index (χ0v) is 9.97. The number of nitrogens with two attached hydrogens (primary N) is 1. The SMILES string of the molecule is NNC(C1=CCCO1)c1ccc2ncccc2c1. The van der Waals surface area contributed by atoms with Gasteiger partial charge in [0.1, 0.15) is 11.8 Å². The van der Waals surface area contributed by atoms with E-state index >= 15 is 0 Å². The summed E-state index contributed by atoms with van der Waals surface area (Å²) in [6.07, 6.45) is 4.82. The highest BCUT2D eigenvalue weighted by atomic mass is 16.5. The minimum Gasteiger partial charge on any atom is -0.496 e. The Morgan fingerprint density at radius 3 is 3.06 bits per heavy atom. The minimum atomic E-state index is -0.0860. The molecule has 1 unspecified atom stereocenters. The summed E-state index contributed by atoms with van der Waals surface area (Å²) in [4.78, 5) is 4.31. The summed E-state index contributed by atoms with van der Waals surface area (Å²) in [5.74, 6) is 6.55. The fourth-order valence-corrected chi connectivity index (χ4v) is 2.25. The normalized spacial score (nSPS) is 16.4. The molecule has 1 aromatic heterocycles. The van der Waals surface area contributed by atoms with Gasteiger partial charge in [0.05, 0.1) is 12.1 Å². The molecule has 4 nitrogen and oxygen atoms in total. The maximum absolute atomic E-state index is 5.64. The van der Waals surface area contributed by atoms with Crippen molar-refractivity contribution in [1.82, 2.24) is 10.4 Å². The number of pyridine rings is 1. The Morgan fingerprint density at radius 1 is 1.33 bits per heavy atom. The molecule has 0 spiro atoms. The number of fused-ring (bicyclic) bond motifs is 1. The Hall–Kier alpha value is -1.91. The molecule has 1 aromatic carbocycles. The third-order valence-electron chi connectivity index (χ3n) is 3.14. The van der Waals surface area contributed by atoms with Crippen LogP contribution >= 0.6 is 0 Å². The molecule has 0 saturated heterocycles. The minimum absolute atomic E-state index is 0.0860. The number of hydrogen-bond acceptors (Lipinski definition) is 4. The highest BCUT2D eigenvalue weighted by Crippen LogP contribution is 2.27. The molecule has 2 aromatic rings. The summed E-state index contributed by atoms with van der Waals surface area (Å²) in [6, 6.07) is 10.0. The molecule has 0 aliphatic carbocycles. The molecule has 3 N–H and O–H groups in total. The van der Waals surface area contributed by atoms with E-state index in [1.54, 1.807) is 6.20 Å². The van der Waals surface area contributed by atoms with Crippen molar-refractivity contribution in [3.05, 3.63) is 53.9 Å². The smallest absolute Gasteiger partial charge is 0.115 e. The molecule has 92 valence electrons. The van der Waals surface area contributed by atoms with Crippen molar-refractivity contribution in [1.29, 1.82) is 0 Å². The third kappa shape index (κ3) is 1.96. The average molecular weight is 241 g/mol.